The van der Waals surface area contributed by atoms with Crippen LogP contribution >= 0.6 is 0 Å². The summed E-state index contributed by atoms with van der Waals surface area (Å²) in [4.78, 5) is 40.6. The molecule has 0 bridgehead atoms. The van der Waals surface area contributed by atoms with Gasteiger partial charge < -0.3 is 9.84 Å². The molecule has 0 saturated carbocycles. The van der Waals surface area contributed by atoms with Crippen LogP contribution in [0.5, 0.6) is 0 Å². The number of aliphatic imine (C=N–C) groups is 1. The van der Waals surface area contributed by atoms with Crippen molar-refractivity contribution in [3.8, 4) is 0 Å². The molecule has 1 atom stereocenters. The summed E-state index contributed by atoms with van der Waals surface area (Å²) in [7, 11) is 0. The van der Waals surface area contributed by atoms with Crippen molar-refractivity contribution in [2.75, 3.05) is 5.32 Å². The molecule has 0 radical (unpaired) electrons. The van der Waals surface area contributed by atoms with Gasteiger partial charge in [-0.3, -0.25) is 9.59 Å². The maximum Gasteiger partial charge on any atom is 0.433 e. The molecule has 5 heterocycles. The van der Waals surface area contributed by atoms with E-state index in [1.807, 2.05) is 0 Å². The summed E-state index contributed by atoms with van der Waals surface area (Å²) in [5.41, 5.74) is 1.30. The fourth-order valence-corrected chi connectivity index (χ4v) is 3.94. The fourth-order valence-electron chi connectivity index (χ4n) is 3.94. The Morgan fingerprint density at radius 1 is 1.24 bits per heavy atom. The van der Waals surface area contributed by atoms with Crippen molar-refractivity contribution < 1.29 is 27.3 Å². The number of hydrogen-bond donors (Lipinski definition) is 1. The highest BCUT2D eigenvalue weighted by Gasteiger charge is 2.34. The van der Waals surface area contributed by atoms with Gasteiger partial charge in [0.15, 0.2) is 5.78 Å². The SMILES string of the molecule is C[C@@H](CC(=O)c1ncnc2c1CCC(=O)N2)c1cc(C2=Nc3ccc(C(F)(F)F)nc3C2)no1. The Kier molecular flexibility index (Phi) is 5.22. The van der Waals surface area contributed by atoms with Crippen molar-refractivity contribution >= 4 is 28.9 Å². The molecule has 12 heteroatoms. The molecule has 1 amide bonds. The summed E-state index contributed by atoms with van der Waals surface area (Å²) in [5, 5.41) is 6.63. The second-order valence-electron chi connectivity index (χ2n) is 8.14. The number of amides is 1. The Morgan fingerprint density at radius 2 is 2.06 bits per heavy atom. The zero-order chi connectivity index (χ0) is 24.0. The number of Topliss-reactive ketones (excluding diaryl/α,β-unsaturated/α-hetero) is 1. The predicted molar refractivity (Wildman–Crippen MR) is 112 cm³/mol. The fraction of sp³-hybridized carbons (Fsp3) is 0.318. The molecule has 0 fully saturated rings. The van der Waals surface area contributed by atoms with E-state index >= 15 is 0 Å². The minimum absolute atomic E-state index is 0.0786. The molecule has 9 nitrogen and oxygen atoms in total. The van der Waals surface area contributed by atoms with Crippen molar-refractivity contribution in [2.24, 2.45) is 4.99 Å². The maximum atomic E-state index is 12.9. The van der Waals surface area contributed by atoms with Gasteiger partial charge in [0.05, 0.1) is 17.1 Å². The van der Waals surface area contributed by atoms with E-state index in [2.05, 4.69) is 30.4 Å². The number of nitrogens with zero attached hydrogens (tertiary/aromatic N) is 5. The third-order valence-electron chi connectivity index (χ3n) is 5.70. The molecule has 5 rings (SSSR count). The number of hydrogen-bond acceptors (Lipinski definition) is 8. The molecule has 174 valence electrons. The zero-order valence-electron chi connectivity index (χ0n) is 17.8. The summed E-state index contributed by atoms with van der Waals surface area (Å²) < 4.78 is 44.2. The van der Waals surface area contributed by atoms with E-state index in [-0.39, 0.29) is 48.3 Å². The van der Waals surface area contributed by atoms with Gasteiger partial charge in [0.1, 0.15) is 35.0 Å². The average molecular weight is 470 g/mol. The van der Waals surface area contributed by atoms with E-state index in [0.717, 1.165) is 6.07 Å². The van der Waals surface area contributed by atoms with Gasteiger partial charge in [-0.05, 0) is 18.6 Å². The van der Waals surface area contributed by atoms with Crippen molar-refractivity contribution in [3.05, 3.63) is 58.6 Å². The van der Waals surface area contributed by atoms with Crippen LogP contribution in [0.1, 0.15) is 64.6 Å². The van der Waals surface area contributed by atoms with Crippen LogP contribution in [-0.2, 0) is 23.8 Å². The lowest BCUT2D eigenvalue weighted by Crippen LogP contribution is -2.23. The number of alkyl halides is 3. The molecule has 0 aliphatic carbocycles. The standard InChI is InChI=1S/C22H17F3N6O3/c1-10(6-16(32)20-11-2-5-19(33)30-21(11)27-9-26-20)17-8-15(31-34-17)14-7-13-12(28-14)3-4-18(29-13)22(23,24)25/h3-4,8-10H,2,5-7H2,1H3,(H,26,27,30,33)/t10-/m0/s1. The van der Waals surface area contributed by atoms with Gasteiger partial charge in [0.2, 0.25) is 5.91 Å². The molecule has 34 heavy (non-hydrogen) atoms. The van der Waals surface area contributed by atoms with Gasteiger partial charge in [0, 0.05) is 36.8 Å². The highest BCUT2D eigenvalue weighted by molar-refractivity contribution is 6.05. The normalized spacial score (nSPS) is 15.9. The van der Waals surface area contributed by atoms with Crippen LogP contribution in [0.15, 0.2) is 34.0 Å². The lowest BCUT2D eigenvalue weighted by atomic mass is 9.95. The van der Waals surface area contributed by atoms with Gasteiger partial charge in [-0.15, -0.1) is 0 Å². The van der Waals surface area contributed by atoms with Crippen LogP contribution in [0.4, 0.5) is 24.7 Å². The van der Waals surface area contributed by atoms with Gasteiger partial charge in [-0.2, -0.15) is 13.2 Å². The molecule has 3 aromatic heterocycles. The Labute approximate surface area is 190 Å². The lowest BCUT2D eigenvalue weighted by Gasteiger charge is -2.17. The third kappa shape index (κ3) is 4.06. The van der Waals surface area contributed by atoms with Gasteiger partial charge >= 0.3 is 6.18 Å². The first-order valence-corrected chi connectivity index (χ1v) is 10.5. The van der Waals surface area contributed by atoms with Crippen LogP contribution in [0.2, 0.25) is 0 Å². The van der Waals surface area contributed by atoms with E-state index < -0.39 is 11.9 Å². The number of halogens is 3. The summed E-state index contributed by atoms with van der Waals surface area (Å²) >= 11 is 0. The van der Waals surface area contributed by atoms with Crippen LogP contribution < -0.4 is 5.32 Å². The quantitative estimate of drug-likeness (QED) is 0.563. The molecule has 3 aromatic rings. The van der Waals surface area contributed by atoms with Gasteiger partial charge in [-0.25, -0.2) is 19.9 Å². The largest absolute Gasteiger partial charge is 0.433 e. The van der Waals surface area contributed by atoms with E-state index in [4.69, 9.17) is 4.52 Å². The first kappa shape index (κ1) is 21.9. The van der Waals surface area contributed by atoms with E-state index in [9.17, 15) is 22.8 Å². The summed E-state index contributed by atoms with van der Waals surface area (Å²) in [6.07, 6.45) is -2.48. The topological polar surface area (TPSA) is 123 Å². The molecule has 0 unspecified atom stereocenters. The van der Waals surface area contributed by atoms with Crippen molar-refractivity contribution in [3.63, 3.8) is 0 Å². The molecule has 0 saturated heterocycles. The number of fused-ring (bicyclic) bond motifs is 2. The number of anilines is 1. The minimum atomic E-state index is -4.53. The highest BCUT2D eigenvalue weighted by Crippen LogP contribution is 2.34. The molecular weight excluding hydrogens is 453 g/mol. The van der Waals surface area contributed by atoms with E-state index in [1.54, 1.807) is 13.0 Å². The van der Waals surface area contributed by atoms with Gasteiger partial charge in [0.25, 0.3) is 0 Å². The van der Waals surface area contributed by atoms with Gasteiger partial charge in [-0.1, -0.05) is 12.1 Å². The first-order valence-electron chi connectivity index (χ1n) is 10.5. The predicted octanol–water partition coefficient (Wildman–Crippen LogP) is 3.82. The zero-order valence-corrected chi connectivity index (χ0v) is 17.8. The van der Waals surface area contributed by atoms with Crippen LogP contribution in [0.25, 0.3) is 0 Å². The van der Waals surface area contributed by atoms with Crippen LogP contribution in [0.3, 0.4) is 0 Å². The molecule has 2 aliphatic heterocycles. The molecule has 1 N–H and O–H groups in total. The number of aromatic nitrogens is 4. The Morgan fingerprint density at radius 3 is 2.85 bits per heavy atom. The summed E-state index contributed by atoms with van der Waals surface area (Å²) in [5.74, 6) is 0.0491. The van der Waals surface area contributed by atoms with E-state index in [0.29, 0.717) is 40.7 Å². The second-order valence-corrected chi connectivity index (χ2v) is 8.14. The maximum absolute atomic E-state index is 12.9. The molecule has 0 spiro atoms. The summed E-state index contributed by atoms with van der Waals surface area (Å²) in [6.45, 7) is 1.79. The number of rotatable bonds is 5. The number of carbonyl (C=O) groups is 2. The molecular formula is C22H17F3N6O3. The number of nitrogens with one attached hydrogen (secondary N) is 1. The van der Waals surface area contributed by atoms with E-state index in [1.165, 1.54) is 12.4 Å². The highest BCUT2D eigenvalue weighted by atomic mass is 19.4. The lowest BCUT2D eigenvalue weighted by molar-refractivity contribution is -0.141. The second kappa shape index (κ2) is 8.12. The van der Waals surface area contributed by atoms with Crippen LogP contribution in [0, 0.1) is 0 Å². The number of carbonyl (C=O) groups excluding carboxylic acids is 2. The molecule has 2 aliphatic rings. The number of ketones is 1. The Bertz CT molecular complexity index is 1350. The smallest absolute Gasteiger partial charge is 0.360 e. The number of pyridine rings is 1. The monoisotopic (exact) mass is 470 g/mol. The third-order valence-corrected chi connectivity index (χ3v) is 5.70. The Balaban J connectivity index is 1.30. The first-order chi connectivity index (χ1) is 16.2. The Hall–Kier alpha value is -3.96. The van der Waals surface area contributed by atoms with Crippen LogP contribution in [-0.4, -0.2) is 37.5 Å². The molecule has 0 aromatic carbocycles. The van der Waals surface area contributed by atoms with Crippen molar-refractivity contribution in [2.45, 2.75) is 44.7 Å². The average Bonchev–Trinajstić information content (AvgIpc) is 3.44. The minimum Gasteiger partial charge on any atom is -0.360 e. The summed E-state index contributed by atoms with van der Waals surface area (Å²) in [6, 6.07) is 3.80. The van der Waals surface area contributed by atoms with Crippen molar-refractivity contribution in [1.29, 1.82) is 0 Å². The van der Waals surface area contributed by atoms with Crippen molar-refractivity contribution in [1.82, 2.24) is 20.1 Å².